The predicted molar refractivity (Wildman–Crippen MR) is 146 cm³/mol. The van der Waals surface area contributed by atoms with E-state index in [0.717, 1.165) is 22.7 Å². The molecule has 2 aromatic carbocycles. The highest BCUT2D eigenvalue weighted by Gasteiger charge is 2.27. The normalized spacial score (nSPS) is 12.9. The number of halogens is 1. The second-order valence-corrected chi connectivity index (χ2v) is 11.6. The first-order chi connectivity index (χ1) is 17.0. The largest absolute Gasteiger partial charge is 0.497 e. The fraction of sp³-hybridized carbons (Fsp3) is 0.462. The molecule has 0 bridgehead atoms. The molecule has 2 amide bonds. The summed E-state index contributed by atoms with van der Waals surface area (Å²) in [6, 6.07) is 13.7. The average Bonchev–Trinajstić information content (AvgIpc) is 2.84. The van der Waals surface area contributed by atoms with Crippen LogP contribution in [0.4, 0.5) is 5.69 Å². The van der Waals surface area contributed by atoms with Crippen molar-refractivity contribution in [3.05, 3.63) is 58.6 Å². The number of sulfonamides is 1. The molecule has 0 unspecified atom stereocenters. The molecule has 0 saturated heterocycles. The minimum absolute atomic E-state index is 0.00392. The van der Waals surface area contributed by atoms with Gasteiger partial charge in [-0.2, -0.15) is 0 Å². The van der Waals surface area contributed by atoms with Gasteiger partial charge in [0.1, 0.15) is 11.8 Å². The van der Waals surface area contributed by atoms with Crippen LogP contribution < -0.4 is 14.4 Å². The molecule has 2 aromatic rings. The third kappa shape index (κ3) is 8.81. The van der Waals surface area contributed by atoms with E-state index >= 15 is 0 Å². The van der Waals surface area contributed by atoms with E-state index in [1.54, 1.807) is 36.1 Å². The fourth-order valence-corrected chi connectivity index (χ4v) is 4.83. The number of methoxy groups -OCH3 is 1. The first-order valence-electron chi connectivity index (χ1n) is 11.9. The minimum Gasteiger partial charge on any atom is -0.497 e. The van der Waals surface area contributed by atoms with Crippen molar-refractivity contribution in [3.8, 4) is 5.75 Å². The van der Waals surface area contributed by atoms with Gasteiger partial charge >= 0.3 is 0 Å². The van der Waals surface area contributed by atoms with Crippen LogP contribution in [0.5, 0.6) is 5.75 Å². The molecule has 198 valence electrons. The molecule has 2 atom stereocenters. The molecule has 0 aliphatic rings. The van der Waals surface area contributed by atoms with Gasteiger partial charge in [-0.25, -0.2) is 8.42 Å². The summed E-state index contributed by atoms with van der Waals surface area (Å²) in [5.74, 6) is 0.104. The maximum absolute atomic E-state index is 13.3. The Bertz CT molecular complexity index is 1120. The van der Waals surface area contributed by atoms with Gasteiger partial charge in [0.2, 0.25) is 21.8 Å². The number of hydrogen-bond acceptors (Lipinski definition) is 5. The number of amides is 2. The van der Waals surface area contributed by atoms with Gasteiger partial charge in [-0.05, 0) is 56.5 Å². The summed E-state index contributed by atoms with van der Waals surface area (Å²) >= 11 is 3.41. The van der Waals surface area contributed by atoms with Crippen LogP contribution in [-0.2, 0) is 26.2 Å². The highest BCUT2D eigenvalue weighted by Crippen LogP contribution is 2.24. The molecule has 0 aliphatic carbocycles. The molecular formula is C26H36BrN3O5S. The summed E-state index contributed by atoms with van der Waals surface area (Å²) in [7, 11) is -2.06. The van der Waals surface area contributed by atoms with E-state index in [0.29, 0.717) is 17.9 Å². The molecule has 8 nitrogen and oxygen atoms in total. The summed E-state index contributed by atoms with van der Waals surface area (Å²) in [4.78, 5) is 27.7. The van der Waals surface area contributed by atoms with E-state index in [1.165, 1.54) is 11.4 Å². The number of rotatable bonds is 13. The molecule has 0 spiro atoms. The molecule has 2 rings (SSSR count). The fourth-order valence-electron chi connectivity index (χ4n) is 3.60. The van der Waals surface area contributed by atoms with Crippen molar-refractivity contribution in [1.82, 2.24) is 10.2 Å². The predicted octanol–water partition coefficient (Wildman–Crippen LogP) is 4.34. The molecule has 0 fully saturated rings. The van der Waals surface area contributed by atoms with Crippen molar-refractivity contribution in [3.63, 3.8) is 0 Å². The molecular weight excluding hydrogens is 546 g/mol. The first-order valence-corrected chi connectivity index (χ1v) is 14.6. The number of ether oxygens (including phenoxy) is 1. The first kappa shape index (κ1) is 29.6. The lowest BCUT2D eigenvalue weighted by atomic mass is 10.1. The van der Waals surface area contributed by atoms with Gasteiger partial charge in [-0.1, -0.05) is 41.1 Å². The van der Waals surface area contributed by atoms with Crippen LogP contribution >= 0.6 is 15.9 Å². The Morgan fingerprint density at radius 2 is 1.78 bits per heavy atom. The number of nitrogens with zero attached hydrogens (tertiary/aromatic N) is 2. The number of carbonyl (C=O) groups is 2. The van der Waals surface area contributed by atoms with Crippen LogP contribution in [0.15, 0.2) is 53.0 Å². The highest BCUT2D eigenvalue weighted by atomic mass is 79.9. The molecule has 0 heterocycles. The Hall–Kier alpha value is -2.59. The van der Waals surface area contributed by atoms with E-state index < -0.39 is 16.1 Å². The quantitative estimate of drug-likeness (QED) is 0.379. The van der Waals surface area contributed by atoms with Gasteiger partial charge in [0.25, 0.3) is 0 Å². The topological polar surface area (TPSA) is 96.0 Å². The number of benzene rings is 2. The number of carbonyl (C=O) groups excluding carboxylic acids is 2. The minimum atomic E-state index is -3.58. The Morgan fingerprint density at radius 1 is 1.11 bits per heavy atom. The van der Waals surface area contributed by atoms with Gasteiger partial charge in [0.15, 0.2) is 0 Å². The van der Waals surface area contributed by atoms with Crippen molar-refractivity contribution < 1.29 is 22.7 Å². The standard InChI is InChI=1S/C26H36BrN3O5S/c1-6-19(2)28-26(32)20(3)29(18-21-12-14-22(27)15-13-21)25(31)11-8-16-30(36(5,33)34)23-9-7-10-24(17-23)35-4/h7,9-10,12-15,17,19-20H,6,8,11,16,18H2,1-5H3,(H,28,32)/t19-,20-/m1/s1. The zero-order valence-electron chi connectivity index (χ0n) is 21.5. The highest BCUT2D eigenvalue weighted by molar-refractivity contribution is 9.10. The number of hydrogen-bond donors (Lipinski definition) is 1. The van der Waals surface area contributed by atoms with E-state index in [1.807, 2.05) is 38.1 Å². The van der Waals surface area contributed by atoms with Crippen LogP contribution in [0.25, 0.3) is 0 Å². The second-order valence-electron chi connectivity index (χ2n) is 8.78. The van der Waals surface area contributed by atoms with Gasteiger partial charge in [-0.3, -0.25) is 13.9 Å². The smallest absolute Gasteiger partial charge is 0.242 e. The number of anilines is 1. The Balaban J connectivity index is 2.17. The van der Waals surface area contributed by atoms with E-state index in [4.69, 9.17) is 4.74 Å². The average molecular weight is 583 g/mol. The maximum atomic E-state index is 13.3. The van der Waals surface area contributed by atoms with Crippen LogP contribution in [-0.4, -0.2) is 57.1 Å². The zero-order valence-corrected chi connectivity index (χ0v) is 23.9. The molecule has 1 N–H and O–H groups in total. The lowest BCUT2D eigenvalue weighted by Crippen LogP contribution is -2.49. The van der Waals surface area contributed by atoms with E-state index in [-0.39, 0.29) is 37.4 Å². The van der Waals surface area contributed by atoms with Crippen LogP contribution in [0.3, 0.4) is 0 Å². The summed E-state index contributed by atoms with van der Waals surface area (Å²) in [5.41, 5.74) is 1.36. The van der Waals surface area contributed by atoms with Gasteiger partial charge in [0.05, 0.1) is 19.1 Å². The molecule has 10 heteroatoms. The van der Waals surface area contributed by atoms with Crippen molar-refractivity contribution in [2.24, 2.45) is 0 Å². The van der Waals surface area contributed by atoms with Crippen molar-refractivity contribution >= 4 is 43.5 Å². The molecule has 0 aromatic heterocycles. The summed E-state index contributed by atoms with van der Waals surface area (Å²) in [6.07, 6.45) is 2.30. The molecule has 0 saturated carbocycles. The van der Waals surface area contributed by atoms with Gasteiger partial charge in [-0.15, -0.1) is 0 Å². The summed E-state index contributed by atoms with van der Waals surface area (Å²) < 4.78 is 32.3. The van der Waals surface area contributed by atoms with Gasteiger partial charge < -0.3 is 15.0 Å². The summed E-state index contributed by atoms with van der Waals surface area (Å²) in [5, 5.41) is 2.95. The Labute approximate surface area is 223 Å². The molecule has 36 heavy (non-hydrogen) atoms. The monoisotopic (exact) mass is 581 g/mol. The Kier molecular flexibility index (Phi) is 11.2. The Morgan fingerprint density at radius 3 is 2.36 bits per heavy atom. The number of nitrogens with one attached hydrogen (secondary N) is 1. The second kappa shape index (κ2) is 13.6. The lowest BCUT2D eigenvalue weighted by molar-refractivity contribution is -0.140. The zero-order chi connectivity index (χ0) is 26.9. The molecule has 0 radical (unpaired) electrons. The third-order valence-electron chi connectivity index (χ3n) is 5.93. The lowest BCUT2D eigenvalue weighted by Gasteiger charge is -2.30. The van der Waals surface area contributed by atoms with Crippen LogP contribution in [0.1, 0.15) is 45.6 Å². The summed E-state index contributed by atoms with van der Waals surface area (Å²) in [6.45, 7) is 6.01. The SMILES string of the molecule is CC[C@@H](C)NC(=O)[C@@H](C)N(Cc1ccc(Br)cc1)C(=O)CCCN(c1cccc(OC)c1)S(C)(=O)=O. The van der Waals surface area contributed by atoms with Crippen LogP contribution in [0.2, 0.25) is 0 Å². The maximum Gasteiger partial charge on any atom is 0.242 e. The van der Waals surface area contributed by atoms with E-state index in [2.05, 4.69) is 21.2 Å². The molecule has 0 aliphatic heterocycles. The van der Waals surface area contributed by atoms with Crippen molar-refractivity contribution in [2.75, 3.05) is 24.2 Å². The van der Waals surface area contributed by atoms with Crippen molar-refractivity contribution in [2.45, 2.75) is 58.7 Å². The van der Waals surface area contributed by atoms with Gasteiger partial charge in [0, 0.05) is 36.1 Å². The van der Waals surface area contributed by atoms with Crippen molar-refractivity contribution in [1.29, 1.82) is 0 Å². The van der Waals surface area contributed by atoms with Crippen LogP contribution in [0, 0.1) is 0 Å². The van der Waals surface area contributed by atoms with E-state index in [9.17, 15) is 18.0 Å². The third-order valence-corrected chi connectivity index (χ3v) is 7.65.